The molecule has 2 N–H and O–H groups in total. The number of nitrogens with one attached hydrogen (secondary N) is 2. The van der Waals surface area contributed by atoms with Crippen LogP contribution in [0.15, 0.2) is 30.3 Å². The second kappa shape index (κ2) is 8.72. The van der Waals surface area contributed by atoms with E-state index in [0.717, 1.165) is 36.1 Å². The fourth-order valence-corrected chi connectivity index (χ4v) is 7.25. The number of anilines is 1. The number of carbonyl (C=O) groups is 2. The lowest BCUT2D eigenvalue weighted by molar-refractivity contribution is -0.153. The minimum atomic E-state index is -1.08. The number of benzene rings is 1. The molecule has 7 nitrogen and oxygen atoms in total. The molecule has 2 aromatic rings. The van der Waals surface area contributed by atoms with Gasteiger partial charge in [-0.15, -0.1) is 0 Å². The highest BCUT2D eigenvalue weighted by atomic mass is 32.3. The van der Waals surface area contributed by atoms with Crippen LogP contribution in [0.25, 0.3) is 0 Å². The predicted molar refractivity (Wildman–Crippen MR) is 138 cm³/mol. The van der Waals surface area contributed by atoms with Crippen LogP contribution < -0.4 is 5.32 Å². The summed E-state index contributed by atoms with van der Waals surface area (Å²) in [5.74, 6) is 0.504. The van der Waals surface area contributed by atoms with Gasteiger partial charge in [0, 0.05) is 5.56 Å². The van der Waals surface area contributed by atoms with E-state index in [1.165, 1.54) is 0 Å². The minimum absolute atomic E-state index is 0.0587. The number of hydrogen-bond donors (Lipinski definition) is 2. The average Bonchev–Trinajstić information content (AvgIpc) is 3.22. The molecule has 1 aliphatic carbocycles. The molecule has 2 aliphatic rings. The van der Waals surface area contributed by atoms with Gasteiger partial charge in [0.25, 0.3) is 5.91 Å². The van der Waals surface area contributed by atoms with Gasteiger partial charge in [0.1, 0.15) is 0 Å². The van der Waals surface area contributed by atoms with Crippen molar-refractivity contribution in [3.63, 3.8) is 0 Å². The number of ether oxygens (including phenoxy) is 1. The van der Waals surface area contributed by atoms with Crippen LogP contribution in [0.3, 0.4) is 0 Å². The SMILES string of the molecule is CC(C)O[C@@H](C(=O)N1Cc2c(NC(=O)C3(S(C)(C)C)CCC3)n[nH]c2C1(C)C)c1ccccc1. The molecule has 1 saturated carbocycles. The molecular weight excluding hydrogens is 448 g/mol. The second-order valence-electron chi connectivity index (χ2n) is 11.0. The summed E-state index contributed by atoms with van der Waals surface area (Å²) in [6, 6.07) is 9.62. The Balaban J connectivity index is 1.60. The molecule has 0 spiro atoms. The summed E-state index contributed by atoms with van der Waals surface area (Å²) >= 11 is 0. The minimum Gasteiger partial charge on any atom is -0.361 e. The van der Waals surface area contributed by atoms with Crippen LogP contribution in [0.4, 0.5) is 5.82 Å². The highest BCUT2D eigenvalue weighted by molar-refractivity contribution is 8.33. The molecular formula is C26H38N4O3S. The summed E-state index contributed by atoms with van der Waals surface area (Å²) in [6.45, 7) is 8.25. The first kappa shape index (κ1) is 24.8. The van der Waals surface area contributed by atoms with Crippen molar-refractivity contribution in [2.24, 2.45) is 0 Å². The third kappa shape index (κ3) is 4.05. The number of aromatic amines is 1. The number of carbonyl (C=O) groups excluding carboxylic acids is 2. The highest BCUT2D eigenvalue weighted by Gasteiger charge is 2.51. The Morgan fingerprint density at radius 2 is 1.79 bits per heavy atom. The number of nitrogens with zero attached hydrogens (tertiary/aromatic N) is 2. The van der Waals surface area contributed by atoms with E-state index in [-0.39, 0.29) is 22.7 Å². The summed E-state index contributed by atoms with van der Waals surface area (Å²) in [5.41, 5.74) is 1.96. The van der Waals surface area contributed by atoms with E-state index in [2.05, 4.69) is 34.3 Å². The van der Waals surface area contributed by atoms with E-state index < -0.39 is 21.7 Å². The van der Waals surface area contributed by atoms with Gasteiger partial charge in [-0.05, 0) is 71.3 Å². The summed E-state index contributed by atoms with van der Waals surface area (Å²) < 4.78 is 5.79. The molecule has 0 saturated heterocycles. The lowest BCUT2D eigenvalue weighted by atomic mass is 9.83. The fraction of sp³-hybridized carbons (Fsp3) is 0.577. The van der Waals surface area contributed by atoms with Crippen molar-refractivity contribution in [1.82, 2.24) is 15.1 Å². The van der Waals surface area contributed by atoms with Crippen LogP contribution in [-0.2, 0) is 26.4 Å². The number of aromatic nitrogens is 2. The normalized spacial score (nSPS) is 19.9. The van der Waals surface area contributed by atoms with Crippen LogP contribution in [0.1, 0.15) is 69.9 Å². The van der Waals surface area contributed by atoms with Crippen molar-refractivity contribution in [3.8, 4) is 0 Å². The van der Waals surface area contributed by atoms with Gasteiger partial charge in [-0.1, -0.05) is 30.3 Å². The Hall–Kier alpha value is -2.32. The zero-order valence-electron chi connectivity index (χ0n) is 21.4. The molecule has 1 aromatic carbocycles. The summed E-state index contributed by atoms with van der Waals surface area (Å²) in [6.07, 6.45) is 8.76. The van der Waals surface area contributed by atoms with Crippen LogP contribution >= 0.6 is 10.0 Å². The molecule has 0 bridgehead atoms. The van der Waals surface area contributed by atoms with E-state index in [4.69, 9.17) is 4.74 Å². The fourth-order valence-electron chi connectivity index (χ4n) is 5.13. The molecule has 1 atom stereocenters. The Kier molecular flexibility index (Phi) is 6.36. The van der Waals surface area contributed by atoms with Gasteiger partial charge in [0.05, 0.1) is 28.6 Å². The topological polar surface area (TPSA) is 87.3 Å². The Morgan fingerprint density at radius 1 is 1.15 bits per heavy atom. The summed E-state index contributed by atoms with van der Waals surface area (Å²) in [7, 11) is -1.08. The average molecular weight is 487 g/mol. The van der Waals surface area contributed by atoms with Crippen LogP contribution in [0, 0.1) is 0 Å². The molecule has 1 aromatic heterocycles. The van der Waals surface area contributed by atoms with Gasteiger partial charge >= 0.3 is 0 Å². The maximum absolute atomic E-state index is 13.8. The number of hydrogen-bond acceptors (Lipinski definition) is 4. The number of rotatable bonds is 7. The van der Waals surface area contributed by atoms with Crippen molar-refractivity contribution in [2.75, 3.05) is 24.1 Å². The molecule has 1 fully saturated rings. The van der Waals surface area contributed by atoms with Crippen LogP contribution in [0.2, 0.25) is 0 Å². The molecule has 2 amide bonds. The van der Waals surface area contributed by atoms with E-state index in [1.54, 1.807) is 0 Å². The van der Waals surface area contributed by atoms with Gasteiger partial charge in [0.2, 0.25) is 5.91 Å². The van der Waals surface area contributed by atoms with Gasteiger partial charge in [-0.3, -0.25) is 14.7 Å². The van der Waals surface area contributed by atoms with Crippen molar-refractivity contribution in [2.45, 2.75) is 76.0 Å². The third-order valence-corrected chi connectivity index (χ3v) is 10.4. The third-order valence-electron chi connectivity index (χ3n) is 7.45. The number of H-pyrrole nitrogens is 1. The maximum atomic E-state index is 13.8. The van der Waals surface area contributed by atoms with Gasteiger partial charge in [-0.25, -0.2) is 10.0 Å². The van der Waals surface area contributed by atoms with Crippen LogP contribution in [0.5, 0.6) is 0 Å². The number of fused-ring (bicyclic) bond motifs is 1. The molecule has 8 heteroatoms. The first-order valence-electron chi connectivity index (χ1n) is 12.0. The van der Waals surface area contributed by atoms with E-state index in [1.807, 2.05) is 62.9 Å². The lowest BCUT2D eigenvalue weighted by Crippen LogP contribution is -2.51. The highest BCUT2D eigenvalue weighted by Crippen LogP contribution is 2.60. The van der Waals surface area contributed by atoms with Crippen molar-refractivity contribution in [1.29, 1.82) is 0 Å². The molecule has 2 heterocycles. The van der Waals surface area contributed by atoms with Crippen LogP contribution in [-0.4, -0.2) is 56.5 Å². The largest absolute Gasteiger partial charge is 0.361 e. The van der Waals surface area contributed by atoms with E-state index in [0.29, 0.717) is 12.4 Å². The quantitative estimate of drug-likeness (QED) is 0.593. The summed E-state index contributed by atoms with van der Waals surface area (Å²) in [5, 5.41) is 10.7. The second-order valence-corrected chi connectivity index (χ2v) is 15.5. The van der Waals surface area contributed by atoms with Crippen molar-refractivity contribution >= 4 is 27.7 Å². The Bertz CT molecular complexity index is 1070. The molecule has 34 heavy (non-hydrogen) atoms. The van der Waals surface area contributed by atoms with E-state index >= 15 is 0 Å². The van der Waals surface area contributed by atoms with Crippen molar-refractivity contribution < 1.29 is 14.3 Å². The monoisotopic (exact) mass is 486 g/mol. The Morgan fingerprint density at radius 3 is 2.32 bits per heavy atom. The predicted octanol–water partition coefficient (Wildman–Crippen LogP) is 4.71. The van der Waals surface area contributed by atoms with Gasteiger partial charge in [-0.2, -0.15) is 5.10 Å². The van der Waals surface area contributed by atoms with Crippen molar-refractivity contribution in [3.05, 3.63) is 47.2 Å². The summed E-state index contributed by atoms with van der Waals surface area (Å²) in [4.78, 5) is 29.1. The molecule has 4 rings (SSSR count). The lowest BCUT2D eigenvalue weighted by Gasteiger charge is -2.53. The zero-order chi connectivity index (χ0) is 24.9. The molecule has 1 aliphatic heterocycles. The van der Waals surface area contributed by atoms with Gasteiger partial charge in [0.15, 0.2) is 11.9 Å². The first-order chi connectivity index (χ1) is 15.9. The van der Waals surface area contributed by atoms with E-state index in [9.17, 15) is 9.59 Å². The smallest absolute Gasteiger partial charge is 0.257 e. The number of amides is 2. The molecule has 186 valence electrons. The zero-order valence-corrected chi connectivity index (χ0v) is 22.2. The Labute approximate surface area is 204 Å². The standard InChI is InChI=1S/C26H38N4O3S/c1-17(2)33-20(18-12-9-8-10-13-18)23(31)30-16-19-21(25(30,3)4)28-29-22(19)27-24(32)26(14-11-15-26)34(5,6)7/h8-10,12-13,17,20H,11,14-16H2,1-7H3,(H2,27,28,29,32)/t20-/m1/s1. The molecule has 0 unspecified atom stereocenters. The first-order valence-corrected chi connectivity index (χ1v) is 14.8. The molecule has 0 radical (unpaired) electrons. The van der Waals surface area contributed by atoms with Gasteiger partial charge < -0.3 is 15.0 Å². The maximum Gasteiger partial charge on any atom is 0.257 e.